The summed E-state index contributed by atoms with van der Waals surface area (Å²) in [6, 6.07) is 4.04. The number of benzene rings is 1. The topological polar surface area (TPSA) is 105 Å². The first-order valence-corrected chi connectivity index (χ1v) is 9.28. The number of esters is 1. The number of aromatic nitrogens is 2. The molecule has 0 aliphatic heterocycles. The summed E-state index contributed by atoms with van der Waals surface area (Å²) in [5.41, 5.74) is -1.000. The third-order valence-electron chi connectivity index (χ3n) is 4.18. The fourth-order valence-corrected chi connectivity index (χ4v) is 2.62. The summed E-state index contributed by atoms with van der Waals surface area (Å²) < 4.78 is 45.4. The van der Waals surface area contributed by atoms with Gasteiger partial charge in [0.1, 0.15) is 11.4 Å². The van der Waals surface area contributed by atoms with Crippen molar-refractivity contribution >= 4 is 17.8 Å². The maximum atomic E-state index is 13.1. The minimum absolute atomic E-state index is 0.00241. The van der Waals surface area contributed by atoms with Crippen molar-refractivity contribution in [1.82, 2.24) is 15.1 Å². The Balaban J connectivity index is 2.17. The lowest BCUT2D eigenvalue weighted by molar-refractivity contribution is -0.138. The molecule has 1 heterocycles. The molecule has 2 amide bonds. The largest absolute Gasteiger partial charge is 0.462 e. The number of halogens is 3. The lowest BCUT2D eigenvalue weighted by atomic mass is 10.1. The number of nitrogens with one attached hydrogen (secondary N) is 2. The zero-order valence-electron chi connectivity index (χ0n) is 16.5. The van der Waals surface area contributed by atoms with E-state index in [1.54, 1.807) is 13.8 Å². The molecule has 0 aliphatic carbocycles. The number of rotatable bonds is 8. The van der Waals surface area contributed by atoms with Crippen LogP contribution in [0.15, 0.2) is 30.5 Å². The highest BCUT2D eigenvalue weighted by Crippen LogP contribution is 2.31. The number of ether oxygens (including phenoxy) is 1. The number of urea groups is 1. The Morgan fingerprint density at radius 2 is 1.97 bits per heavy atom. The third kappa shape index (κ3) is 5.96. The van der Waals surface area contributed by atoms with Crippen molar-refractivity contribution in [2.75, 3.05) is 11.9 Å². The monoisotopic (exact) mass is 428 g/mol. The second kappa shape index (κ2) is 10.1. The van der Waals surface area contributed by atoms with Crippen LogP contribution in [0.4, 0.5) is 23.8 Å². The summed E-state index contributed by atoms with van der Waals surface area (Å²) >= 11 is 0. The van der Waals surface area contributed by atoms with Crippen LogP contribution in [0.25, 0.3) is 0 Å². The molecule has 2 aromatic rings. The van der Waals surface area contributed by atoms with Gasteiger partial charge in [-0.3, -0.25) is 5.32 Å². The van der Waals surface area contributed by atoms with E-state index in [1.807, 2.05) is 0 Å². The fourth-order valence-electron chi connectivity index (χ4n) is 2.62. The molecule has 0 saturated carbocycles. The Morgan fingerprint density at radius 3 is 2.60 bits per heavy atom. The number of aliphatic hydroxyl groups is 1. The van der Waals surface area contributed by atoms with Gasteiger partial charge < -0.3 is 15.2 Å². The van der Waals surface area contributed by atoms with E-state index >= 15 is 0 Å². The number of alkyl halides is 3. The molecule has 8 nitrogen and oxygen atoms in total. The van der Waals surface area contributed by atoms with Crippen LogP contribution in [-0.4, -0.2) is 39.6 Å². The lowest BCUT2D eigenvalue weighted by Gasteiger charge is -2.15. The SMILES string of the molecule is CCOC(=O)c1cnn(CC(O)CC)c1NC(=O)NCc1ccccc1C(F)(F)F. The molecule has 0 spiro atoms. The molecule has 1 atom stereocenters. The number of carbonyl (C=O) groups is 2. The van der Waals surface area contributed by atoms with Crippen molar-refractivity contribution in [3.63, 3.8) is 0 Å². The Bertz CT molecular complexity index is 883. The highest BCUT2D eigenvalue weighted by molar-refractivity contribution is 5.99. The third-order valence-corrected chi connectivity index (χ3v) is 4.18. The minimum atomic E-state index is -4.55. The Kier molecular flexibility index (Phi) is 7.81. The highest BCUT2D eigenvalue weighted by atomic mass is 19.4. The molecule has 2 rings (SSSR count). The lowest BCUT2D eigenvalue weighted by Crippen LogP contribution is -2.31. The van der Waals surface area contributed by atoms with Gasteiger partial charge in [-0.25, -0.2) is 14.3 Å². The van der Waals surface area contributed by atoms with Crippen LogP contribution in [0.5, 0.6) is 0 Å². The summed E-state index contributed by atoms with van der Waals surface area (Å²) in [5, 5.41) is 18.6. The summed E-state index contributed by atoms with van der Waals surface area (Å²) in [4.78, 5) is 24.4. The number of amides is 2. The molecule has 1 unspecified atom stereocenters. The van der Waals surface area contributed by atoms with Gasteiger partial charge in [0.15, 0.2) is 0 Å². The Labute approximate surface area is 171 Å². The quantitative estimate of drug-likeness (QED) is 0.560. The number of carbonyl (C=O) groups excluding carboxylic acids is 2. The van der Waals surface area contributed by atoms with Crippen LogP contribution in [-0.2, 0) is 24.0 Å². The number of anilines is 1. The second-order valence-electron chi connectivity index (χ2n) is 6.33. The molecule has 0 radical (unpaired) electrons. The van der Waals surface area contributed by atoms with E-state index in [4.69, 9.17) is 4.74 Å². The highest BCUT2D eigenvalue weighted by Gasteiger charge is 2.33. The van der Waals surface area contributed by atoms with Gasteiger partial charge in [-0.05, 0) is 25.0 Å². The van der Waals surface area contributed by atoms with Crippen molar-refractivity contribution in [3.8, 4) is 0 Å². The minimum Gasteiger partial charge on any atom is -0.462 e. The van der Waals surface area contributed by atoms with Gasteiger partial charge in [0, 0.05) is 6.54 Å². The molecule has 0 aliphatic rings. The van der Waals surface area contributed by atoms with Crippen molar-refractivity contribution in [2.45, 2.75) is 45.6 Å². The fraction of sp³-hybridized carbons (Fsp3) is 0.421. The maximum Gasteiger partial charge on any atom is 0.416 e. The van der Waals surface area contributed by atoms with Crippen LogP contribution in [0.3, 0.4) is 0 Å². The van der Waals surface area contributed by atoms with Crippen LogP contribution >= 0.6 is 0 Å². The number of nitrogens with zero attached hydrogens (tertiary/aromatic N) is 2. The molecule has 11 heteroatoms. The van der Waals surface area contributed by atoms with E-state index in [-0.39, 0.29) is 36.6 Å². The van der Waals surface area contributed by atoms with E-state index < -0.39 is 29.8 Å². The van der Waals surface area contributed by atoms with Crippen molar-refractivity contribution in [3.05, 3.63) is 47.2 Å². The van der Waals surface area contributed by atoms with Gasteiger partial charge in [0.05, 0.1) is 31.0 Å². The Morgan fingerprint density at radius 1 is 1.27 bits per heavy atom. The summed E-state index contributed by atoms with van der Waals surface area (Å²) in [6.07, 6.45) is -3.73. The predicted octanol–water partition coefficient (Wildman–Crippen LogP) is 3.17. The van der Waals surface area contributed by atoms with E-state index in [2.05, 4.69) is 15.7 Å². The molecule has 1 aromatic heterocycles. The summed E-state index contributed by atoms with van der Waals surface area (Å²) in [7, 11) is 0. The van der Waals surface area contributed by atoms with Crippen LogP contribution < -0.4 is 10.6 Å². The van der Waals surface area contributed by atoms with Gasteiger partial charge in [0.25, 0.3) is 0 Å². The molecular weight excluding hydrogens is 405 g/mol. The van der Waals surface area contributed by atoms with Gasteiger partial charge in [-0.15, -0.1) is 0 Å². The summed E-state index contributed by atoms with van der Waals surface area (Å²) in [6.45, 7) is 3.07. The maximum absolute atomic E-state index is 13.1. The Hall–Kier alpha value is -3.08. The molecule has 0 bridgehead atoms. The van der Waals surface area contributed by atoms with E-state index in [1.165, 1.54) is 29.1 Å². The average Bonchev–Trinajstić information content (AvgIpc) is 3.08. The molecule has 0 fully saturated rings. The first-order valence-electron chi connectivity index (χ1n) is 9.28. The van der Waals surface area contributed by atoms with E-state index in [0.29, 0.717) is 6.42 Å². The van der Waals surface area contributed by atoms with Crippen molar-refractivity contribution in [2.24, 2.45) is 0 Å². The average molecular weight is 428 g/mol. The smallest absolute Gasteiger partial charge is 0.416 e. The molecule has 30 heavy (non-hydrogen) atoms. The number of hydrogen-bond donors (Lipinski definition) is 3. The number of aliphatic hydroxyl groups excluding tert-OH is 1. The first-order chi connectivity index (χ1) is 14.2. The van der Waals surface area contributed by atoms with Crippen LogP contribution in [0, 0.1) is 0 Å². The molecule has 164 valence electrons. The van der Waals surface area contributed by atoms with Crippen molar-refractivity contribution in [1.29, 1.82) is 0 Å². The van der Waals surface area contributed by atoms with E-state index in [9.17, 15) is 27.9 Å². The molecule has 3 N–H and O–H groups in total. The standard InChI is InChI=1S/C19H23F3N4O4/c1-3-13(27)11-26-16(14(10-24-26)17(28)30-4-2)25-18(29)23-9-12-7-5-6-8-15(12)19(20,21)22/h5-8,10,13,27H,3-4,9,11H2,1-2H3,(H2,23,25,29). The molecular formula is C19H23F3N4O4. The zero-order valence-corrected chi connectivity index (χ0v) is 16.5. The van der Waals surface area contributed by atoms with Crippen LogP contribution in [0.2, 0.25) is 0 Å². The first kappa shape index (κ1) is 23.2. The van der Waals surface area contributed by atoms with Gasteiger partial charge in [0.2, 0.25) is 0 Å². The number of hydrogen-bond acceptors (Lipinski definition) is 5. The zero-order chi connectivity index (χ0) is 22.3. The predicted molar refractivity (Wildman–Crippen MR) is 102 cm³/mol. The molecule has 0 saturated heterocycles. The van der Waals surface area contributed by atoms with Gasteiger partial charge in [-0.1, -0.05) is 25.1 Å². The second-order valence-corrected chi connectivity index (χ2v) is 6.33. The normalized spacial score (nSPS) is 12.3. The van der Waals surface area contributed by atoms with Gasteiger partial charge >= 0.3 is 18.2 Å². The van der Waals surface area contributed by atoms with Crippen LogP contribution in [0.1, 0.15) is 41.8 Å². The summed E-state index contributed by atoms with van der Waals surface area (Å²) in [5.74, 6) is -0.755. The molecule has 1 aromatic carbocycles. The van der Waals surface area contributed by atoms with E-state index in [0.717, 1.165) is 6.07 Å². The van der Waals surface area contributed by atoms with Gasteiger partial charge in [-0.2, -0.15) is 18.3 Å². The van der Waals surface area contributed by atoms with Crippen molar-refractivity contribution < 1.29 is 32.6 Å².